The largest absolute Gasteiger partial charge is 0.326 e. The van der Waals surface area contributed by atoms with E-state index in [0.29, 0.717) is 11.4 Å². The van der Waals surface area contributed by atoms with Gasteiger partial charge in [0.05, 0.1) is 4.88 Å². The van der Waals surface area contributed by atoms with Gasteiger partial charge in [-0.1, -0.05) is 6.07 Å². The first-order valence-corrected chi connectivity index (χ1v) is 8.23. The van der Waals surface area contributed by atoms with Crippen molar-refractivity contribution >= 4 is 34.5 Å². The molecule has 3 aromatic rings. The maximum Gasteiger partial charge on any atom is 0.246 e. The first-order valence-electron chi connectivity index (χ1n) is 7.35. The van der Waals surface area contributed by atoms with E-state index in [4.69, 9.17) is 0 Å². The molecule has 122 valence electrons. The molecule has 1 aromatic carbocycles. The van der Waals surface area contributed by atoms with Crippen LogP contribution in [0.3, 0.4) is 0 Å². The Hall–Kier alpha value is -2.93. The average Bonchev–Trinajstić information content (AvgIpc) is 3.19. The van der Waals surface area contributed by atoms with Gasteiger partial charge in [-0.3, -0.25) is 14.3 Å². The van der Waals surface area contributed by atoms with Gasteiger partial charge in [-0.15, -0.1) is 11.3 Å². The Balaban J connectivity index is 1.58. The van der Waals surface area contributed by atoms with Gasteiger partial charge in [0.25, 0.3) is 0 Å². The van der Waals surface area contributed by atoms with Gasteiger partial charge in [0, 0.05) is 24.5 Å². The zero-order valence-electron chi connectivity index (χ0n) is 13.0. The van der Waals surface area contributed by atoms with Crippen LogP contribution < -0.4 is 10.6 Å². The minimum Gasteiger partial charge on any atom is -0.326 e. The standard InChI is InChI=1S/C17H16N4O2S/c1-12(22)18-13-4-6-14(7-5-13)19-17(23)11-21-9-8-15(20-21)16-3-2-10-24-16/h2-10H,11H2,1H3,(H,18,22)(H,19,23). The second-order valence-electron chi connectivity index (χ2n) is 5.18. The van der Waals surface area contributed by atoms with E-state index in [1.807, 2.05) is 23.6 Å². The predicted molar refractivity (Wildman–Crippen MR) is 94.9 cm³/mol. The lowest BCUT2D eigenvalue weighted by Gasteiger charge is -2.07. The number of nitrogens with one attached hydrogen (secondary N) is 2. The molecule has 7 heteroatoms. The molecule has 3 rings (SSSR count). The molecule has 0 saturated heterocycles. The van der Waals surface area contributed by atoms with Gasteiger partial charge in [-0.05, 0) is 41.8 Å². The molecule has 0 saturated carbocycles. The van der Waals surface area contributed by atoms with Crippen molar-refractivity contribution in [3.8, 4) is 10.6 Å². The fraction of sp³-hybridized carbons (Fsp3) is 0.118. The highest BCUT2D eigenvalue weighted by atomic mass is 32.1. The van der Waals surface area contributed by atoms with Crippen molar-refractivity contribution in [1.29, 1.82) is 0 Å². The maximum absolute atomic E-state index is 12.1. The van der Waals surface area contributed by atoms with Gasteiger partial charge in [0.15, 0.2) is 0 Å². The number of rotatable bonds is 5. The summed E-state index contributed by atoms with van der Waals surface area (Å²) in [7, 11) is 0. The number of nitrogens with zero attached hydrogens (tertiary/aromatic N) is 2. The number of carbonyl (C=O) groups is 2. The van der Waals surface area contributed by atoms with Crippen molar-refractivity contribution in [3.63, 3.8) is 0 Å². The molecular weight excluding hydrogens is 324 g/mol. The summed E-state index contributed by atoms with van der Waals surface area (Å²) in [6.45, 7) is 1.59. The Labute approximate surface area is 143 Å². The van der Waals surface area contributed by atoms with Crippen LogP contribution in [0.1, 0.15) is 6.92 Å². The lowest BCUT2D eigenvalue weighted by atomic mass is 10.2. The molecule has 0 aliphatic carbocycles. The fourth-order valence-corrected chi connectivity index (χ4v) is 2.88. The fourth-order valence-electron chi connectivity index (χ4n) is 2.19. The highest BCUT2D eigenvalue weighted by Gasteiger charge is 2.07. The Kier molecular flexibility index (Phi) is 4.72. The summed E-state index contributed by atoms with van der Waals surface area (Å²) in [4.78, 5) is 24.1. The van der Waals surface area contributed by atoms with E-state index in [1.165, 1.54) is 6.92 Å². The van der Waals surface area contributed by atoms with Crippen LogP contribution in [0.25, 0.3) is 10.6 Å². The van der Waals surface area contributed by atoms with Gasteiger partial charge in [0.1, 0.15) is 12.2 Å². The lowest BCUT2D eigenvalue weighted by molar-refractivity contribution is -0.117. The van der Waals surface area contributed by atoms with Crippen LogP contribution in [0.2, 0.25) is 0 Å². The zero-order valence-corrected chi connectivity index (χ0v) is 13.8. The Bertz CT molecular complexity index is 838. The molecule has 2 aromatic heterocycles. The number of anilines is 2. The van der Waals surface area contributed by atoms with Crippen LogP contribution in [0, 0.1) is 0 Å². The Morgan fingerprint density at radius 3 is 2.42 bits per heavy atom. The molecule has 6 nitrogen and oxygen atoms in total. The molecule has 24 heavy (non-hydrogen) atoms. The summed E-state index contributed by atoms with van der Waals surface area (Å²) in [5, 5.41) is 11.9. The van der Waals surface area contributed by atoms with E-state index in [-0.39, 0.29) is 18.4 Å². The van der Waals surface area contributed by atoms with Crippen LogP contribution in [-0.2, 0) is 16.1 Å². The quantitative estimate of drug-likeness (QED) is 0.749. The molecule has 0 spiro atoms. The number of hydrogen-bond donors (Lipinski definition) is 2. The zero-order chi connectivity index (χ0) is 16.9. The van der Waals surface area contributed by atoms with E-state index in [1.54, 1.807) is 46.5 Å². The molecule has 2 amide bonds. The molecule has 0 aliphatic rings. The Morgan fingerprint density at radius 1 is 1.08 bits per heavy atom. The van der Waals surface area contributed by atoms with Gasteiger partial charge in [-0.25, -0.2) is 0 Å². The second-order valence-corrected chi connectivity index (χ2v) is 6.13. The molecule has 2 N–H and O–H groups in total. The first-order chi connectivity index (χ1) is 11.6. The van der Waals surface area contributed by atoms with Gasteiger partial charge in [-0.2, -0.15) is 5.10 Å². The van der Waals surface area contributed by atoms with Crippen molar-refractivity contribution in [1.82, 2.24) is 9.78 Å². The number of carbonyl (C=O) groups excluding carboxylic acids is 2. The minimum atomic E-state index is -0.164. The summed E-state index contributed by atoms with van der Waals surface area (Å²) < 4.78 is 1.61. The van der Waals surface area contributed by atoms with Gasteiger partial charge in [0.2, 0.25) is 11.8 Å². The van der Waals surface area contributed by atoms with Crippen molar-refractivity contribution in [2.75, 3.05) is 10.6 Å². The van der Waals surface area contributed by atoms with E-state index < -0.39 is 0 Å². The summed E-state index contributed by atoms with van der Waals surface area (Å²) in [5.74, 6) is -0.296. The van der Waals surface area contributed by atoms with Crippen LogP contribution in [0.5, 0.6) is 0 Å². The molecule has 0 fully saturated rings. The van der Waals surface area contributed by atoms with Crippen molar-refractivity contribution in [3.05, 3.63) is 54.0 Å². The van der Waals surface area contributed by atoms with Gasteiger partial charge >= 0.3 is 0 Å². The third-order valence-corrected chi connectivity index (χ3v) is 4.10. The SMILES string of the molecule is CC(=O)Nc1ccc(NC(=O)Cn2ccc(-c3cccs3)n2)cc1. The molecule has 2 heterocycles. The smallest absolute Gasteiger partial charge is 0.246 e. The summed E-state index contributed by atoms with van der Waals surface area (Å²) in [5.41, 5.74) is 2.21. The van der Waals surface area contributed by atoms with Gasteiger partial charge < -0.3 is 10.6 Å². The number of thiophene rings is 1. The number of aromatic nitrogens is 2. The molecule has 0 unspecified atom stereocenters. The molecule has 0 aliphatic heterocycles. The Morgan fingerprint density at radius 2 is 1.79 bits per heavy atom. The number of benzene rings is 1. The minimum absolute atomic E-state index is 0.132. The van der Waals surface area contributed by atoms with Crippen LogP contribution in [0.4, 0.5) is 11.4 Å². The highest BCUT2D eigenvalue weighted by Crippen LogP contribution is 2.22. The third-order valence-electron chi connectivity index (χ3n) is 3.21. The van der Waals surface area contributed by atoms with Crippen molar-refractivity contribution < 1.29 is 9.59 Å². The van der Waals surface area contributed by atoms with E-state index in [0.717, 1.165) is 10.6 Å². The predicted octanol–water partition coefficient (Wildman–Crippen LogP) is 3.21. The van der Waals surface area contributed by atoms with E-state index >= 15 is 0 Å². The third kappa shape index (κ3) is 4.08. The second kappa shape index (κ2) is 7.10. The molecular formula is C17H16N4O2S. The van der Waals surface area contributed by atoms with Crippen LogP contribution >= 0.6 is 11.3 Å². The molecule has 0 bridgehead atoms. The molecule has 0 atom stereocenters. The summed E-state index contributed by atoms with van der Waals surface area (Å²) >= 11 is 1.61. The summed E-state index contributed by atoms with van der Waals surface area (Å²) in [6.07, 6.45) is 1.79. The topological polar surface area (TPSA) is 76.0 Å². The van der Waals surface area contributed by atoms with E-state index in [2.05, 4.69) is 15.7 Å². The lowest BCUT2D eigenvalue weighted by Crippen LogP contribution is -2.19. The normalized spacial score (nSPS) is 10.4. The number of hydrogen-bond acceptors (Lipinski definition) is 4. The maximum atomic E-state index is 12.1. The van der Waals surface area contributed by atoms with Crippen LogP contribution in [-0.4, -0.2) is 21.6 Å². The molecule has 0 radical (unpaired) electrons. The van der Waals surface area contributed by atoms with Crippen LogP contribution in [0.15, 0.2) is 54.0 Å². The summed E-state index contributed by atoms with van der Waals surface area (Å²) in [6, 6.07) is 12.8. The van der Waals surface area contributed by atoms with Crippen molar-refractivity contribution in [2.24, 2.45) is 0 Å². The average molecular weight is 340 g/mol. The number of amides is 2. The highest BCUT2D eigenvalue weighted by molar-refractivity contribution is 7.13. The van der Waals surface area contributed by atoms with E-state index in [9.17, 15) is 9.59 Å². The monoisotopic (exact) mass is 340 g/mol. The first kappa shape index (κ1) is 15.9. The van der Waals surface area contributed by atoms with Crippen molar-refractivity contribution in [2.45, 2.75) is 13.5 Å².